The minimum absolute atomic E-state index is 0.241. The molecule has 0 bridgehead atoms. The van der Waals surface area contributed by atoms with E-state index in [4.69, 9.17) is 0 Å². The Kier molecular flexibility index (Phi) is 2.31. The van der Waals surface area contributed by atoms with Crippen molar-refractivity contribution in [2.45, 2.75) is 18.8 Å². The van der Waals surface area contributed by atoms with Gasteiger partial charge in [0.1, 0.15) is 0 Å². The average Bonchev–Trinajstić information content (AvgIpc) is 2.90. The van der Waals surface area contributed by atoms with E-state index < -0.39 is 0 Å². The van der Waals surface area contributed by atoms with E-state index in [1.807, 2.05) is 22.7 Å². The predicted octanol–water partition coefficient (Wildman–Crippen LogP) is 4.88. The van der Waals surface area contributed by atoms with Crippen molar-refractivity contribution >= 4 is 38.6 Å². The summed E-state index contributed by atoms with van der Waals surface area (Å²) in [5.74, 6) is 0. The van der Waals surface area contributed by atoms with Crippen molar-refractivity contribution in [3.63, 3.8) is 0 Å². The van der Waals surface area contributed by atoms with Crippen LogP contribution in [0.4, 0.5) is 0 Å². The molecule has 2 aromatic rings. The molecule has 0 spiro atoms. The van der Waals surface area contributed by atoms with Crippen molar-refractivity contribution in [2.24, 2.45) is 0 Å². The zero-order valence-corrected chi connectivity index (χ0v) is 11.6. The molecule has 0 atom stereocenters. The van der Waals surface area contributed by atoms with Crippen molar-refractivity contribution in [1.29, 1.82) is 0 Å². The number of hydrogen-bond donors (Lipinski definition) is 0. The summed E-state index contributed by atoms with van der Waals surface area (Å²) in [5, 5.41) is 5.48. The lowest BCUT2D eigenvalue weighted by atomic mass is 9.79. The molecule has 78 valence electrons. The van der Waals surface area contributed by atoms with Crippen LogP contribution in [0.3, 0.4) is 0 Å². The molecule has 0 saturated carbocycles. The second-order valence-corrected chi connectivity index (χ2v) is 6.29. The molecule has 2 aromatic heterocycles. The van der Waals surface area contributed by atoms with E-state index in [1.54, 1.807) is 0 Å². The zero-order valence-electron chi connectivity index (χ0n) is 8.42. The van der Waals surface area contributed by atoms with Crippen LogP contribution in [0.1, 0.15) is 24.5 Å². The molecule has 3 heteroatoms. The van der Waals surface area contributed by atoms with E-state index >= 15 is 0 Å². The van der Waals surface area contributed by atoms with E-state index in [9.17, 15) is 0 Å². The minimum atomic E-state index is 0.241. The maximum absolute atomic E-state index is 3.71. The molecule has 0 amide bonds. The zero-order chi connectivity index (χ0) is 10.5. The van der Waals surface area contributed by atoms with E-state index in [0.29, 0.717) is 0 Å². The summed E-state index contributed by atoms with van der Waals surface area (Å²) in [6.45, 7) is 2.29. The van der Waals surface area contributed by atoms with Gasteiger partial charge in [-0.1, -0.05) is 22.9 Å². The average molecular weight is 299 g/mol. The SMILES string of the molecule is CCC1(CBr)c2ccsc2-c2sccc21. The van der Waals surface area contributed by atoms with Crippen LogP contribution in [-0.4, -0.2) is 5.33 Å². The molecule has 1 aliphatic carbocycles. The summed E-state index contributed by atoms with van der Waals surface area (Å²) < 4.78 is 0. The predicted molar refractivity (Wildman–Crippen MR) is 72.5 cm³/mol. The third-order valence-corrected chi connectivity index (χ3v) is 6.35. The van der Waals surface area contributed by atoms with Crippen LogP contribution in [-0.2, 0) is 5.41 Å². The first-order chi connectivity index (χ1) is 7.33. The van der Waals surface area contributed by atoms with Gasteiger partial charge in [0.25, 0.3) is 0 Å². The maximum atomic E-state index is 3.71. The summed E-state index contributed by atoms with van der Waals surface area (Å²) >= 11 is 7.48. The third-order valence-electron chi connectivity index (χ3n) is 3.40. The molecule has 0 nitrogen and oxygen atoms in total. The second kappa shape index (κ2) is 3.44. The van der Waals surface area contributed by atoms with Crippen LogP contribution in [0, 0.1) is 0 Å². The number of hydrogen-bond acceptors (Lipinski definition) is 2. The summed E-state index contributed by atoms with van der Waals surface area (Å²) in [6.07, 6.45) is 1.17. The lowest BCUT2D eigenvalue weighted by Gasteiger charge is -2.26. The summed E-state index contributed by atoms with van der Waals surface area (Å²) in [7, 11) is 0. The highest BCUT2D eigenvalue weighted by Gasteiger charge is 2.42. The van der Waals surface area contributed by atoms with Gasteiger partial charge in [-0.2, -0.15) is 0 Å². The smallest absolute Gasteiger partial charge is 0.0487 e. The van der Waals surface area contributed by atoms with Crippen LogP contribution >= 0.6 is 38.6 Å². The fourth-order valence-corrected chi connectivity index (χ4v) is 5.67. The van der Waals surface area contributed by atoms with Gasteiger partial charge in [-0.15, -0.1) is 22.7 Å². The second-order valence-electron chi connectivity index (χ2n) is 3.90. The van der Waals surface area contributed by atoms with Gasteiger partial charge in [0.2, 0.25) is 0 Å². The van der Waals surface area contributed by atoms with Gasteiger partial charge < -0.3 is 0 Å². The summed E-state index contributed by atoms with van der Waals surface area (Å²) in [4.78, 5) is 3.00. The van der Waals surface area contributed by atoms with Crippen molar-refractivity contribution in [3.8, 4) is 9.75 Å². The van der Waals surface area contributed by atoms with E-state index in [2.05, 4.69) is 45.7 Å². The molecule has 2 heterocycles. The van der Waals surface area contributed by atoms with Crippen LogP contribution in [0.2, 0.25) is 0 Å². The third kappa shape index (κ3) is 1.12. The molecule has 0 aliphatic heterocycles. The fraction of sp³-hybridized carbons (Fsp3) is 0.333. The normalized spacial score (nSPS) is 16.4. The van der Waals surface area contributed by atoms with Crippen molar-refractivity contribution in [1.82, 2.24) is 0 Å². The van der Waals surface area contributed by atoms with Gasteiger partial charge in [0.15, 0.2) is 0 Å². The first-order valence-electron chi connectivity index (χ1n) is 5.06. The lowest BCUT2D eigenvalue weighted by molar-refractivity contribution is 0.581. The monoisotopic (exact) mass is 298 g/mol. The Bertz CT molecular complexity index is 449. The molecule has 0 saturated heterocycles. The number of thiophene rings is 2. The molecule has 3 rings (SSSR count). The van der Waals surface area contributed by atoms with Gasteiger partial charge in [-0.25, -0.2) is 0 Å². The molecule has 1 aliphatic rings. The molecular formula is C12H11BrS2. The molecule has 0 N–H and O–H groups in total. The Morgan fingerprint density at radius 2 is 1.67 bits per heavy atom. The molecule has 15 heavy (non-hydrogen) atoms. The van der Waals surface area contributed by atoms with Gasteiger partial charge in [-0.05, 0) is 40.4 Å². The van der Waals surface area contributed by atoms with Gasteiger partial charge in [0, 0.05) is 20.5 Å². The molecule has 0 aromatic carbocycles. The molecule has 0 fully saturated rings. The Labute approximate surface area is 106 Å². The van der Waals surface area contributed by atoms with E-state index in [-0.39, 0.29) is 5.41 Å². The Morgan fingerprint density at radius 3 is 2.07 bits per heavy atom. The number of rotatable bonds is 2. The minimum Gasteiger partial charge on any atom is -0.143 e. The van der Waals surface area contributed by atoms with Gasteiger partial charge >= 0.3 is 0 Å². The number of alkyl halides is 1. The van der Waals surface area contributed by atoms with E-state index in [0.717, 1.165) is 5.33 Å². The Morgan fingerprint density at radius 1 is 1.13 bits per heavy atom. The molecular weight excluding hydrogens is 288 g/mol. The number of fused-ring (bicyclic) bond motifs is 3. The first-order valence-corrected chi connectivity index (χ1v) is 7.94. The van der Waals surface area contributed by atoms with Gasteiger partial charge in [-0.3, -0.25) is 0 Å². The quantitative estimate of drug-likeness (QED) is 0.693. The van der Waals surface area contributed by atoms with Crippen LogP contribution in [0.5, 0.6) is 0 Å². The highest BCUT2D eigenvalue weighted by Crippen LogP contribution is 2.55. The molecule has 0 unspecified atom stereocenters. The highest BCUT2D eigenvalue weighted by atomic mass is 79.9. The Balaban J connectivity index is 2.35. The van der Waals surface area contributed by atoms with Crippen LogP contribution in [0.25, 0.3) is 9.75 Å². The summed E-state index contributed by atoms with van der Waals surface area (Å²) in [5.41, 5.74) is 3.31. The largest absolute Gasteiger partial charge is 0.143 e. The van der Waals surface area contributed by atoms with Crippen molar-refractivity contribution in [3.05, 3.63) is 34.0 Å². The van der Waals surface area contributed by atoms with Gasteiger partial charge in [0.05, 0.1) is 0 Å². The molecule has 0 radical (unpaired) electrons. The summed E-state index contributed by atoms with van der Waals surface area (Å²) in [6, 6.07) is 4.61. The van der Waals surface area contributed by atoms with E-state index in [1.165, 1.54) is 27.3 Å². The topological polar surface area (TPSA) is 0 Å². The van der Waals surface area contributed by atoms with Crippen LogP contribution in [0.15, 0.2) is 22.9 Å². The maximum Gasteiger partial charge on any atom is 0.0487 e. The standard InChI is InChI=1S/C12H11BrS2/c1-2-12(7-13)8-3-5-14-10(8)11-9(12)4-6-15-11/h3-6H,2,7H2,1H3. The first kappa shape index (κ1) is 10.1. The Hall–Kier alpha value is -0.120. The highest BCUT2D eigenvalue weighted by molar-refractivity contribution is 9.09. The lowest BCUT2D eigenvalue weighted by Crippen LogP contribution is -2.25. The fourth-order valence-electron chi connectivity index (χ4n) is 2.49. The number of halogens is 1. The van der Waals surface area contributed by atoms with Crippen LogP contribution < -0.4 is 0 Å². The van der Waals surface area contributed by atoms with Crippen molar-refractivity contribution < 1.29 is 0 Å². The van der Waals surface area contributed by atoms with Crippen molar-refractivity contribution in [2.75, 3.05) is 5.33 Å².